The summed E-state index contributed by atoms with van der Waals surface area (Å²) in [6.45, 7) is 2.16. The van der Waals surface area contributed by atoms with Gasteiger partial charge in [-0.2, -0.15) is 41.4 Å². The van der Waals surface area contributed by atoms with Crippen LogP contribution in [-0.2, 0) is 27.5 Å². The van der Waals surface area contributed by atoms with Gasteiger partial charge in [0.2, 0.25) is 0 Å². The maximum Gasteiger partial charge on any atom is 0 e. The van der Waals surface area contributed by atoms with Crippen molar-refractivity contribution in [3.8, 4) is 0 Å². The number of rotatable bonds is 2. The van der Waals surface area contributed by atoms with Crippen molar-refractivity contribution in [3.63, 3.8) is 0 Å². The molecule has 0 bridgehead atoms. The van der Waals surface area contributed by atoms with Gasteiger partial charge in [0.25, 0.3) is 0 Å². The molecule has 0 saturated heterocycles. The second-order valence-corrected chi connectivity index (χ2v) is 2.72. The van der Waals surface area contributed by atoms with Crippen LogP contribution in [0.25, 0.3) is 0 Å². The van der Waals surface area contributed by atoms with E-state index in [1.165, 1.54) is 5.56 Å². The summed E-state index contributed by atoms with van der Waals surface area (Å²) in [4.78, 5) is 0. The molecule has 0 unspecified atom stereocenters. The van der Waals surface area contributed by atoms with Gasteiger partial charge < -0.3 is 0 Å². The van der Waals surface area contributed by atoms with Crippen LogP contribution in [0.4, 0.5) is 0 Å². The van der Waals surface area contributed by atoms with E-state index in [1.807, 2.05) is 18.2 Å². The third kappa shape index (κ3) is 3.93. The molecule has 0 nitrogen and oxygen atoms in total. The van der Waals surface area contributed by atoms with Crippen molar-refractivity contribution < 1.29 is 21.1 Å². The summed E-state index contributed by atoms with van der Waals surface area (Å²) in [6, 6.07) is 8.84. The van der Waals surface area contributed by atoms with Gasteiger partial charge in [0.15, 0.2) is 0 Å². The molecule has 0 N–H and O–H groups in total. The van der Waals surface area contributed by atoms with E-state index in [1.54, 1.807) is 0 Å². The summed E-state index contributed by atoms with van der Waals surface area (Å²) in [7, 11) is 0. The summed E-state index contributed by atoms with van der Waals surface area (Å²) in [6.07, 6.45) is 2.26. The summed E-state index contributed by atoms with van der Waals surface area (Å²) < 4.78 is 0. The molecule has 0 amide bonds. The molecule has 0 fully saturated rings. The van der Waals surface area contributed by atoms with E-state index in [2.05, 4.69) is 13.0 Å². The van der Waals surface area contributed by atoms with Gasteiger partial charge in [0.1, 0.15) is 0 Å². The fraction of sp³-hybridized carbons (Fsp3) is 0.333. The standard InChI is InChI=1S/C9H10Cl.W/c1-2-3-8-4-6-9(10)7-5-8;/h4,6-7H,2-3H2,1H3;/q-1;. The van der Waals surface area contributed by atoms with Crippen LogP contribution >= 0.6 is 11.6 Å². The Morgan fingerprint density at radius 1 is 1.45 bits per heavy atom. The largest absolute Gasteiger partial charge is 0.179 e. The van der Waals surface area contributed by atoms with Gasteiger partial charge in [-0.3, -0.25) is 0 Å². The molecule has 1 aromatic carbocycles. The Balaban J connectivity index is 0.000001000. The van der Waals surface area contributed by atoms with E-state index in [-0.39, 0.29) is 21.1 Å². The van der Waals surface area contributed by atoms with Crippen LogP contribution in [-0.4, -0.2) is 0 Å². The Kier molecular flexibility index (Phi) is 5.90. The molecule has 0 aliphatic heterocycles. The van der Waals surface area contributed by atoms with Crippen LogP contribution in [0.2, 0.25) is 5.02 Å². The van der Waals surface area contributed by atoms with Crippen LogP contribution in [0.1, 0.15) is 18.9 Å². The Hall–Kier alpha value is 0.198. The predicted molar refractivity (Wildman–Crippen MR) is 44.3 cm³/mol. The Bertz CT molecular complexity index is 193. The summed E-state index contributed by atoms with van der Waals surface area (Å²) >= 11 is 5.68. The second-order valence-electron chi connectivity index (χ2n) is 2.28. The van der Waals surface area contributed by atoms with Crippen LogP contribution < -0.4 is 0 Å². The zero-order chi connectivity index (χ0) is 7.40. The van der Waals surface area contributed by atoms with Gasteiger partial charge in [0.05, 0.1) is 0 Å². The van der Waals surface area contributed by atoms with E-state index in [4.69, 9.17) is 11.6 Å². The quantitative estimate of drug-likeness (QED) is 0.728. The molecule has 1 aromatic rings. The first-order valence-electron chi connectivity index (χ1n) is 3.49. The zero-order valence-electron chi connectivity index (χ0n) is 6.43. The smallest absolute Gasteiger partial charge is 0 e. The van der Waals surface area contributed by atoms with Crippen LogP contribution in [0.15, 0.2) is 18.2 Å². The molecule has 2 heteroatoms. The molecule has 0 saturated carbocycles. The molecular formula is C9H10ClW-. The molecule has 0 radical (unpaired) electrons. The second kappa shape index (κ2) is 5.80. The van der Waals surface area contributed by atoms with Crippen molar-refractivity contribution in [3.05, 3.63) is 34.9 Å². The van der Waals surface area contributed by atoms with Gasteiger partial charge in [-0.25, -0.2) is 0 Å². The molecular weight excluding hydrogens is 327 g/mol. The summed E-state index contributed by atoms with van der Waals surface area (Å²) in [5.41, 5.74) is 1.24. The van der Waals surface area contributed by atoms with E-state index in [9.17, 15) is 0 Å². The minimum absolute atomic E-state index is 0. The van der Waals surface area contributed by atoms with E-state index in [0.29, 0.717) is 0 Å². The number of aryl methyl sites for hydroxylation is 1. The third-order valence-electron chi connectivity index (χ3n) is 1.36. The normalized spacial score (nSPS) is 8.91. The first-order valence-corrected chi connectivity index (χ1v) is 3.87. The van der Waals surface area contributed by atoms with Gasteiger partial charge >= 0.3 is 0 Å². The summed E-state index contributed by atoms with van der Waals surface area (Å²) in [5, 5.41) is 0.764. The van der Waals surface area contributed by atoms with Crippen molar-refractivity contribution in [2.24, 2.45) is 0 Å². The average molecular weight is 337 g/mol. The van der Waals surface area contributed by atoms with Crippen molar-refractivity contribution in [2.45, 2.75) is 19.8 Å². The van der Waals surface area contributed by atoms with Gasteiger partial charge in [0, 0.05) is 21.1 Å². The number of benzene rings is 1. The van der Waals surface area contributed by atoms with Crippen molar-refractivity contribution in [1.82, 2.24) is 0 Å². The predicted octanol–water partition coefficient (Wildman–Crippen LogP) is 3.09. The Labute approximate surface area is 87.2 Å². The van der Waals surface area contributed by atoms with Crippen molar-refractivity contribution in [2.75, 3.05) is 0 Å². The fourth-order valence-electron chi connectivity index (χ4n) is 0.863. The fourth-order valence-corrected chi connectivity index (χ4v) is 0.980. The van der Waals surface area contributed by atoms with Crippen LogP contribution in [0, 0.1) is 6.07 Å². The van der Waals surface area contributed by atoms with E-state index >= 15 is 0 Å². The minimum atomic E-state index is 0. The summed E-state index contributed by atoms with van der Waals surface area (Å²) in [5.74, 6) is 0. The zero-order valence-corrected chi connectivity index (χ0v) is 10.1. The van der Waals surface area contributed by atoms with Crippen molar-refractivity contribution >= 4 is 11.6 Å². The number of hydrogen-bond donors (Lipinski definition) is 0. The average Bonchev–Trinajstić information content (AvgIpc) is 1.95. The first kappa shape index (κ1) is 11.2. The topological polar surface area (TPSA) is 0 Å². The number of hydrogen-bond acceptors (Lipinski definition) is 0. The molecule has 11 heavy (non-hydrogen) atoms. The van der Waals surface area contributed by atoms with Crippen LogP contribution in [0.3, 0.4) is 0 Å². The van der Waals surface area contributed by atoms with Gasteiger partial charge in [-0.15, -0.1) is 0 Å². The molecule has 60 valence electrons. The molecule has 0 spiro atoms. The maximum absolute atomic E-state index is 5.68. The van der Waals surface area contributed by atoms with Gasteiger partial charge in [-0.05, 0) is 0 Å². The Morgan fingerprint density at radius 3 is 2.64 bits per heavy atom. The first-order chi connectivity index (χ1) is 4.83. The maximum atomic E-state index is 5.68. The minimum Gasteiger partial charge on any atom is -0.179 e. The number of halogens is 1. The Morgan fingerprint density at radius 2 is 2.18 bits per heavy atom. The third-order valence-corrected chi connectivity index (χ3v) is 1.59. The van der Waals surface area contributed by atoms with E-state index < -0.39 is 0 Å². The molecule has 0 aromatic heterocycles. The monoisotopic (exact) mass is 337 g/mol. The molecule has 0 heterocycles. The molecule has 1 rings (SSSR count). The molecule has 0 atom stereocenters. The molecule has 0 aliphatic carbocycles. The SMILES string of the molecule is CCCc1[c-]cc(Cl)cc1.[W]. The van der Waals surface area contributed by atoms with Crippen molar-refractivity contribution in [1.29, 1.82) is 0 Å². The molecule has 0 aliphatic rings. The van der Waals surface area contributed by atoms with Gasteiger partial charge in [-0.1, -0.05) is 24.8 Å². The van der Waals surface area contributed by atoms with Crippen LogP contribution in [0.5, 0.6) is 0 Å². The van der Waals surface area contributed by atoms with E-state index in [0.717, 1.165) is 17.9 Å².